The summed E-state index contributed by atoms with van der Waals surface area (Å²) in [7, 11) is 0. The number of carbonyl (C=O) groups is 1. The van der Waals surface area contributed by atoms with Crippen LogP contribution in [0.25, 0.3) is 0 Å². The van der Waals surface area contributed by atoms with Gasteiger partial charge in [0.05, 0.1) is 6.04 Å². The van der Waals surface area contributed by atoms with Crippen molar-refractivity contribution in [1.29, 1.82) is 0 Å². The number of aromatic nitrogens is 3. The van der Waals surface area contributed by atoms with Crippen LogP contribution in [0.2, 0.25) is 0 Å². The quantitative estimate of drug-likeness (QED) is 0.876. The number of nitrogens with one attached hydrogen (secondary N) is 2. The van der Waals surface area contributed by atoms with Gasteiger partial charge in [0.1, 0.15) is 12.4 Å². The van der Waals surface area contributed by atoms with Gasteiger partial charge in [0.15, 0.2) is 5.82 Å². The number of amides is 1. The molecular weight excluding hydrogens is 256 g/mol. The molecule has 2 aliphatic rings. The zero-order valence-corrected chi connectivity index (χ0v) is 12.1. The minimum absolute atomic E-state index is 0.00327. The van der Waals surface area contributed by atoms with Gasteiger partial charge in [0.25, 0.3) is 0 Å². The Hall–Kier alpha value is -1.43. The molecule has 1 aromatic heterocycles. The molecule has 2 N–H and O–H groups in total. The molecule has 0 bridgehead atoms. The minimum atomic E-state index is -0.195. The van der Waals surface area contributed by atoms with Gasteiger partial charge in [-0.25, -0.2) is 4.98 Å². The first-order valence-corrected chi connectivity index (χ1v) is 7.30. The average molecular weight is 278 g/mol. The van der Waals surface area contributed by atoms with Crippen molar-refractivity contribution in [3.63, 3.8) is 0 Å². The van der Waals surface area contributed by atoms with Crippen LogP contribution in [0.1, 0.15) is 51.5 Å². The molecule has 2 heterocycles. The molecule has 6 nitrogen and oxygen atoms in total. The second kappa shape index (κ2) is 5.16. The van der Waals surface area contributed by atoms with Crippen molar-refractivity contribution in [2.45, 2.75) is 51.7 Å². The summed E-state index contributed by atoms with van der Waals surface area (Å²) >= 11 is 0. The monoisotopic (exact) mass is 278 g/mol. The Kier molecular flexibility index (Phi) is 3.50. The maximum Gasteiger partial charge on any atom is 0.220 e. The first-order valence-electron chi connectivity index (χ1n) is 7.30. The van der Waals surface area contributed by atoms with Crippen LogP contribution in [0.5, 0.6) is 0 Å². The molecule has 1 saturated heterocycles. The van der Waals surface area contributed by atoms with Gasteiger partial charge < -0.3 is 10.1 Å². The summed E-state index contributed by atoms with van der Waals surface area (Å²) < 4.78 is 5.64. The Labute approximate surface area is 118 Å². The number of hydrogen-bond donors (Lipinski definition) is 2. The molecular formula is C14H22N4O2. The lowest BCUT2D eigenvalue weighted by Gasteiger charge is -2.42. The molecule has 0 radical (unpaired) electrons. The van der Waals surface area contributed by atoms with Gasteiger partial charge in [-0.15, -0.1) is 0 Å². The fourth-order valence-electron chi connectivity index (χ4n) is 3.53. The lowest BCUT2D eigenvalue weighted by atomic mass is 9.63. The largest absolute Gasteiger partial charge is 0.368 e. The normalized spacial score (nSPS) is 29.1. The summed E-state index contributed by atoms with van der Waals surface area (Å²) in [5.41, 5.74) is 0.420. The summed E-state index contributed by atoms with van der Waals surface area (Å²) in [6.07, 6.45) is 5.02. The summed E-state index contributed by atoms with van der Waals surface area (Å²) in [6.45, 7) is 5.16. The van der Waals surface area contributed by atoms with Gasteiger partial charge in [0.2, 0.25) is 5.91 Å². The van der Waals surface area contributed by atoms with E-state index in [-0.39, 0.29) is 18.1 Å². The van der Waals surface area contributed by atoms with E-state index in [9.17, 15) is 4.79 Å². The fourth-order valence-corrected chi connectivity index (χ4v) is 3.53. The van der Waals surface area contributed by atoms with Gasteiger partial charge in [0, 0.05) is 13.0 Å². The van der Waals surface area contributed by atoms with Crippen LogP contribution in [-0.2, 0) is 9.53 Å². The van der Waals surface area contributed by atoms with Gasteiger partial charge in [-0.2, -0.15) is 5.10 Å². The highest BCUT2D eigenvalue weighted by atomic mass is 16.5. The molecule has 0 unspecified atom stereocenters. The first-order chi connectivity index (χ1) is 9.53. The van der Waals surface area contributed by atoms with E-state index < -0.39 is 0 Å². The lowest BCUT2D eigenvalue weighted by Crippen LogP contribution is -2.41. The third-order valence-electron chi connectivity index (χ3n) is 4.30. The Morgan fingerprint density at radius 2 is 2.35 bits per heavy atom. The highest BCUT2D eigenvalue weighted by molar-refractivity contribution is 5.76. The van der Waals surface area contributed by atoms with Crippen LogP contribution in [0.4, 0.5) is 0 Å². The van der Waals surface area contributed by atoms with Crippen LogP contribution in [0.3, 0.4) is 0 Å². The number of rotatable bonds is 4. The molecule has 1 aliphatic carbocycles. The standard InChI is InChI=1S/C14H22N4O2/c1-14(2)6-9(7-14)5-11(19)17-10-3-4-20-12(10)13-15-8-16-18-13/h8-10,12H,3-7H2,1-2H3,(H,17,19)(H,15,16,18)/t10-,12+/m0/s1. The maximum absolute atomic E-state index is 12.1. The van der Waals surface area contributed by atoms with E-state index in [1.165, 1.54) is 6.33 Å². The first kappa shape index (κ1) is 13.5. The molecule has 2 fully saturated rings. The van der Waals surface area contributed by atoms with E-state index in [0.29, 0.717) is 30.2 Å². The van der Waals surface area contributed by atoms with Gasteiger partial charge >= 0.3 is 0 Å². The Balaban J connectivity index is 1.51. The lowest BCUT2D eigenvalue weighted by molar-refractivity contribution is -0.124. The van der Waals surface area contributed by atoms with Gasteiger partial charge in [-0.3, -0.25) is 9.89 Å². The number of hydrogen-bond acceptors (Lipinski definition) is 4. The number of carbonyl (C=O) groups excluding carboxylic acids is 1. The van der Waals surface area contributed by atoms with Crippen molar-refractivity contribution >= 4 is 5.91 Å². The van der Waals surface area contributed by atoms with Crippen molar-refractivity contribution in [2.24, 2.45) is 11.3 Å². The molecule has 1 amide bonds. The third-order valence-corrected chi connectivity index (χ3v) is 4.30. The fraction of sp³-hybridized carbons (Fsp3) is 0.786. The SMILES string of the molecule is CC1(C)CC(CC(=O)N[C@H]2CCO[C@H]2c2ncn[nH]2)C1. The molecule has 1 saturated carbocycles. The second-order valence-corrected chi connectivity index (χ2v) is 6.77. The van der Waals surface area contributed by atoms with Crippen molar-refractivity contribution in [1.82, 2.24) is 20.5 Å². The number of aromatic amines is 1. The number of nitrogens with zero attached hydrogens (tertiary/aromatic N) is 2. The molecule has 1 aromatic rings. The topological polar surface area (TPSA) is 79.9 Å². The Bertz CT molecular complexity index is 464. The van der Waals surface area contributed by atoms with Crippen molar-refractivity contribution in [2.75, 3.05) is 6.61 Å². The van der Waals surface area contributed by atoms with Crippen LogP contribution in [-0.4, -0.2) is 33.7 Å². The minimum Gasteiger partial charge on any atom is -0.368 e. The van der Waals surface area contributed by atoms with Gasteiger partial charge in [-0.05, 0) is 30.6 Å². The van der Waals surface area contributed by atoms with Crippen LogP contribution in [0, 0.1) is 11.3 Å². The van der Waals surface area contributed by atoms with E-state index in [1.807, 2.05) is 0 Å². The molecule has 2 atom stereocenters. The summed E-state index contributed by atoms with van der Waals surface area (Å²) in [5, 5.41) is 9.75. The van der Waals surface area contributed by atoms with Crippen molar-refractivity contribution in [3.05, 3.63) is 12.2 Å². The molecule has 3 rings (SSSR count). The molecule has 6 heteroatoms. The predicted octanol–water partition coefficient (Wildman–Crippen LogP) is 1.58. The zero-order chi connectivity index (χ0) is 14.2. The smallest absolute Gasteiger partial charge is 0.220 e. The second-order valence-electron chi connectivity index (χ2n) is 6.77. The molecule has 0 aromatic carbocycles. The van der Waals surface area contributed by atoms with E-state index in [0.717, 1.165) is 19.3 Å². The summed E-state index contributed by atoms with van der Waals surface area (Å²) in [4.78, 5) is 16.2. The predicted molar refractivity (Wildman–Crippen MR) is 72.7 cm³/mol. The van der Waals surface area contributed by atoms with E-state index in [2.05, 4.69) is 34.3 Å². The van der Waals surface area contributed by atoms with E-state index in [1.54, 1.807) is 0 Å². The molecule has 110 valence electrons. The van der Waals surface area contributed by atoms with Crippen molar-refractivity contribution in [3.8, 4) is 0 Å². The Morgan fingerprint density at radius 3 is 3.00 bits per heavy atom. The Morgan fingerprint density at radius 1 is 1.55 bits per heavy atom. The molecule has 20 heavy (non-hydrogen) atoms. The average Bonchev–Trinajstić information content (AvgIpc) is 2.95. The highest BCUT2D eigenvalue weighted by Crippen LogP contribution is 2.46. The van der Waals surface area contributed by atoms with Crippen LogP contribution in [0.15, 0.2) is 6.33 Å². The molecule has 1 aliphatic heterocycles. The summed E-state index contributed by atoms with van der Waals surface area (Å²) in [6, 6.07) is 0.00327. The maximum atomic E-state index is 12.1. The van der Waals surface area contributed by atoms with Crippen LogP contribution < -0.4 is 5.32 Å². The highest BCUT2D eigenvalue weighted by Gasteiger charge is 2.38. The third kappa shape index (κ3) is 2.85. The number of ether oxygens (including phenoxy) is 1. The van der Waals surface area contributed by atoms with E-state index >= 15 is 0 Å². The van der Waals surface area contributed by atoms with E-state index in [4.69, 9.17) is 4.74 Å². The zero-order valence-electron chi connectivity index (χ0n) is 12.1. The molecule has 0 spiro atoms. The van der Waals surface area contributed by atoms with Crippen LogP contribution >= 0.6 is 0 Å². The van der Waals surface area contributed by atoms with Crippen molar-refractivity contribution < 1.29 is 9.53 Å². The summed E-state index contributed by atoms with van der Waals surface area (Å²) in [5.74, 6) is 1.36. The van der Waals surface area contributed by atoms with Gasteiger partial charge in [-0.1, -0.05) is 13.8 Å². The number of H-pyrrole nitrogens is 1.